The van der Waals surface area contributed by atoms with Crippen LogP contribution < -0.4 is 5.73 Å². The SMILES string of the molecule is CCC1CCCCN1C(=O)C(N)CC(C)C. The first-order valence-corrected chi connectivity index (χ1v) is 6.62. The van der Waals surface area contributed by atoms with Crippen LogP contribution in [0.1, 0.15) is 52.9 Å². The molecular formula is C13H26N2O. The van der Waals surface area contributed by atoms with E-state index < -0.39 is 0 Å². The predicted octanol–water partition coefficient (Wildman–Crippen LogP) is 2.15. The summed E-state index contributed by atoms with van der Waals surface area (Å²) in [7, 11) is 0. The molecule has 0 saturated carbocycles. The van der Waals surface area contributed by atoms with E-state index in [2.05, 4.69) is 20.8 Å². The third-order valence-electron chi connectivity index (χ3n) is 3.42. The van der Waals surface area contributed by atoms with Crippen LogP contribution in [0.25, 0.3) is 0 Å². The summed E-state index contributed by atoms with van der Waals surface area (Å²) in [5.41, 5.74) is 5.97. The molecule has 3 nitrogen and oxygen atoms in total. The zero-order valence-corrected chi connectivity index (χ0v) is 10.9. The third kappa shape index (κ3) is 3.48. The van der Waals surface area contributed by atoms with Crippen molar-refractivity contribution in [1.29, 1.82) is 0 Å². The summed E-state index contributed by atoms with van der Waals surface area (Å²) in [6.45, 7) is 7.29. The van der Waals surface area contributed by atoms with Gasteiger partial charge in [-0.25, -0.2) is 0 Å². The van der Waals surface area contributed by atoms with Gasteiger partial charge >= 0.3 is 0 Å². The van der Waals surface area contributed by atoms with Crippen molar-refractivity contribution in [2.75, 3.05) is 6.54 Å². The molecule has 2 atom stereocenters. The normalized spacial score (nSPS) is 23.6. The van der Waals surface area contributed by atoms with Crippen molar-refractivity contribution in [2.45, 2.75) is 65.0 Å². The van der Waals surface area contributed by atoms with Crippen LogP contribution in [-0.4, -0.2) is 29.4 Å². The van der Waals surface area contributed by atoms with Crippen molar-refractivity contribution in [1.82, 2.24) is 4.90 Å². The number of piperidine rings is 1. The Kier molecular flexibility index (Phi) is 5.26. The minimum absolute atomic E-state index is 0.167. The monoisotopic (exact) mass is 226 g/mol. The second kappa shape index (κ2) is 6.24. The lowest BCUT2D eigenvalue weighted by atomic mass is 9.97. The summed E-state index contributed by atoms with van der Waals surface area (Å²) in [6.07, 6.45) is 5.39. The van der Waals surface area contributed by atoms with Crippen LogP contribution in [0.5, 0.6) is 0 Å². The van der Waals surface area contributed by atoms with Crippen molar-refractivity contribution in [2.24, 2.45) is 11.7 Å². The molecule has 1 aliphatic rings. The van der Waals surface area contributed by atoms with Crippen molar-refractivity contribution < 1.29 is 4.79 Å². The van der Waals surface area contributed by atoms with Crippen molar-refractivity contribution >= 4 is 5.91 Å². The predicted molar refractivity (Wildman–Crippen MR) is 67.1 cm³/mol. The number of hydrogen-bond donors (Lipinski definition) is 1. The quantitative estimate of drug-likeness (QED) is 0.798. The van der Waals surface area contributed by atoms with Gasteiger partial charge in [0.1, 0.15) is 0 Å². The smallest absolute Gasteiger partial charge is 0.239 e. The fraction of sp³-hybridized carbons (Fsp3) is 0.923. The van der Waals surface area contributed by atoms with Crippen molar-refractivity contribution in [3.05, 3.63) is 0 Å². The summed E-state index contributed by atoms with van der Waals surface area (Å²) >= 11 is 0. The zero-order valence-electron chi connectivity index (χ0n) is 10.9. The summed E-state index contributed by atoms with van der Waals surface area (Å²) in [4.78, 5) is 14.2. The third-order valence-corrected chi connectivity index (χ3v) is 3.42. The minimum Gasteiger partial charge on any atom is -0.338 e. The van der Waals surface area contributed by atoms with Crippen LogP contribution in [-0.2, 0) is 4.79 Å². The maximum Gasteiger partial charge on any atom is 0.239 e. The fourth-order valence-electron chi connectivity index (χ4n) is 2.54. The lowest BCUT2D eigenvalue weighted by molar-refractivity contribution is -0.136. The molecule has 3 heteroatoms. The van der Waals surface area contributed by atoms with E-state index in [0.29, 0.717) is 12.0 Å². The van der Waals surface area contributed by atoms with E-state index in [4.69, 9.17) is 5.73 Å². The summed E-state index contributed by atoms with van der Waals surface area (Å²) in [5, 5.41) is 0. The second-order valence-electron chi connectivity index (χ2n) is 5.33. The van der Waals surface area contributed by atoms with E-state index in [-0.39, 0.29) is 11.9 Å². The molecule has 0 bridgehead atoms. The molecule has 1 saturated heterocycles. The molecule has 94 valence electrons. The van der Waals surface area contributed by atoms with Gasteiger partial charge in [-0.1, -0.05) is 20.8 Å². The van der Waals surface area contributed by atoms with Gasteiger partial charge in [0.05, 0.1) is 6.04 Å². The van der Waals surface area contributed by atoms with Crippen LogP contribution in [0.2, 0.25) is 0 Å². The molecule has 1 heterocycles. The molecule has 1 aliphatic heterocycles. The molecule has 0 aromatic carbocycles. The molecule has 2 N–H and O–H groups in total. The molecular weight excluding hydrogens is 200 g/mol. The first kappa shape index (κ1) is 13.5. The van der Waals surface area contributed by atoms with E-state index in [1.165, 1.54) is 6.42 Å². The minimum atomic E-state index is -0.299. The number of nitrogens with zero attached hydrogens (tertiary/aromatic N) is 1. The van der Waals surface area contributed by atoms with E-state index in [1.54, 1.807) is 0 Å². The Morgan fingerprint density at radius 1 is 1.44 bits per heavy atom. The lowest BCUT2D eigenvalue weighted by Gasteiger charge is -2.37. The largest absolute Gasteiger partial charge is 0.338 e. The Morgan fingerprint density at radius 2 is 2.12 bits per heavy atom. The van der Waals surface area contributed by atoms with Crippen LogP contribution in [0.3, 0.4) is 0 Å². The van der Waals surface area contributed by atoms with E-state index in [9.17, 15) is 4.79 Å². The number of likely N-dealkylation sites (tertiary alicyclic amines) is 1. The number of rotatable bonds is 4. The van der Waals surface area contributed by atoms with Gasteiger partial charge in [0, 0.05) is 12.6 Å². The molecule has 1 rings (SSSR count). The Bertz CT molecular complexity index is 228. The fourth-order valence-corrected chi connectivity index (χ4v) is 2.54. The molecule has 0 aliphatic carbocycles. The zero-order chi connectivity index (χ0) is 12.1. The summed E-state index contributed by atoms with van der Waals surface area (Å²) < 4.78 is 0. The van der Waals surface area contributed by atoms with Crippen LogP contribution in [0, 0.1) is 5.92 Å². The van der Waals surface area contributed by atoms with Gasteiger partial charge in [0.25, 0.3) is 0 Å². The molecule has 0 aromatic heterocycles. The van der Waals surface area contributed by atoms with E-state index >= 15 is 0 Å². The first-order valence-electron chi connectivity index (χ1n) is 6.62. The average molecular weight is 226 g/mol. The highest BCUT2D eigenvalue weighted by molar-refractivity contribution is 5.82. The Hall–Kier alpha value is -0.570. The van der Waals surface area contributed by atoms with Gasteiger partial charge in [-0.15, -0.1) is 0 Å². The number of hydrogen-bond acceptors (Lipinski definition) is 2. The average Bonchev–Trinajstić information content (AvgIpc) is 2.27. The standard InChI is InChI=1S/C13H26N2O/c1-4-11-7-5-6-8-15(11)13(16)12(14)9-10(2)3/h10-12H,4-9,14H2,1-3H3. The number of carbonyl (C=O) groups is 1. The van der Waals surface area contributed by atoms with Gasteiger partial charge in [-0.05, 0) is 38.0 Å². The maximum atomic E-state index is 12.2. The number of amides is 1. The van der Waals surface area contributed by atoms with Crippen molar-refractivity contribution in [3.8, 4) is 0 Å². The number of nitrogens with two attached hydrogens (primary N) is 1. The molecule has 1 amide bonds. The highest BCUT2D eigenvalue weighted by Crippen LogP contribution is 2.20. The highest BCUT2D eigenvalue weighted by Gasteiger charge is 2.28. The Labute approximate surface area is 99.4 Å². The lowest BCUT2D eigenvalue weighted by Crippen LogP contribution is -2.50. The van der Waals surface area contributed by atoms with Crippen LogP contribution in [0.4, 0.5) is 0 Å². The molecule has 1 fully saturated rings. The van der Waals surface area contributed by atoms with Gasteiger partial charge < -0.3 is 10.6 Å². The van der Waals surface area contributed by atoms with Crippen LogP contribution >= 0.6 is 0 Å². The topological polar surface area (TPSA) is 46.3 Å². The maximum absolute atomic E-state index is 12.2. The van der Waals surface area contributed by atoms with E-state index in [0.717, 1.165) is 32.2 Å². The van der Waals surface area contributed by atoms with E-state index in [1.807, 2.05) is 4.90 Å². The highest BCUT2D eigenvalue weighted by atomic mass is 16.2. The Balaban J connectivity index is 2.56. The van der Waals surface area contributed by atoms with Gasteiger partial charge in [0.15, 0.2) is 0 Å². The summed E-state index contributed by atoms with van der Waals surface area (Å²) in [6, 6.07) is 0.131. The van der Waals surface area contributed by atoms with Gasteiger partial charge in [-0.3, -0.25) is 4.79 Å². The van der Waals surface area contributed by atoms with Crippen molar-refractivity contribution in [3.63, 3.8) is 0 Å². The molecule has 16 heavy (non-hydrogen) atoms. The molecule has 2 unspecified atom stereocenters. The Morgan fingerprint density at radius 3 is 2.69 bits per heavy atom. The number of carbonyl (C=O) groups excluding carboxylic acids is 1. The first-order chi connectivity index (χ1) is 7.56. The summed E-state index contributed by atoms with van der Waals surface area (Å²) in [5.74, 6) is 0.657. The second-order valence-corrected chi connectivity index (χ2v) is 5.33. The molecule has 0 aromatic rings. The molecule has 0 spiro atoms. The molecule has 0 radical (unpaired) electrons. The van der Waals surface area contributed by atoms with Gasteiger partial charge in [0.2, 0.25) is 5.91 Å². The van der Waals surface area contributed by atoms with Gasteiger partial charge in [-0.2, -0.15) is 0 Å². The van der Waals surface area contributed by atoms with Crippen LogP contribution in [0.15, 0.2) is 0 Å².